The summed E-state index contributed by atoms with van der Waals surface area (Å²) in [5.41, 5.74) is 0. The molecule has 15 heavy (non-hydrogen) atoms. The predicted molar refractivity (Wildman–Crippen MR) is 65.1 cm³/mol. The van der Waals surface area contributed by atoms with Gasteiger partial charge in [0.05, 0.1) is 6.20 Å². The normalized spacial score (nSPS) is 13.1. The fourth-order valence-corrected chi connectivity index (χ4v) is 1.70. The van der Waals surface area contributed by atoms with Crippen molar-refractivity contribution in [3.63, 3.8) is 0 Å². The van der Waals surface area contributed by atoms with Crippen molar-refractivity contribution >= 4 is 5.82 Å². The summed E-state index contributed by atoms with van der Waals surface area (Å²) in [6, 6.07) is 2.58. The Morgan fingerprint density at radius 1 is 1.40 bits per heavy atom. The Hall–Kier alpha value is -0.990. The first kappa shape index (κ1) is 12.1. The minimum atomic E-state index is 0.526. The summed E-state index contributed by atoms with van der Waals surface area (Å²) in [5.74, 6) is 1.77. The Bertz CT molecular complexity index is 278. The lowest BCUT2D eigenvalue weighted by atomic mass is 10.2. The van der Waals surface area contributed by atoms with Gasteiger partial charge in [-0.1, -0.05) is 27.2 Å². The van der Waals surface area contributed by atoms with Gasteiger partial charge in [-0.05, 0) is 19.3 Å². The van der Waals surface area contributed by atoms with Crippen molar-refractivity contribution in [2.45, 2.75) is 53.1 Å². The lowest BCUT2D eigenvalue weighted by Crippen LogP contribution is -2.18. The van der Waals surface area contributed by atoms with Gasteiger partial charge in [0.15, 0.2) is 0 Å². The minimum Gasteiger partial charge on any atom is -0.368 e. The van der Waals surface area contributed by atoms with Gasteiger partial charge >= 0.3 is 0 Å². The lowest BCUT2D eigenvalue weighted by molar-refractivity contribution is 0.484. The van der Waals surface area contributed by atoms with Gasteiger partial charge in [0.1, 0.15) is 5.82 Å². The van der Waals surface area contributed by atoms with Gasteiger partial charge in [0.25, 0.3) is 0 Å². The second-order valence-corrected chi connectivity index (χ2v) is 4.63. The molecule has 0 saturated heterocycles. The lowest BCUT2D eigenvalue weighted by Gasteiger charge is -2.16. The van der Waals surface area contributed by atoms with E-state index in [-0.39, 0.29) is 0 Å². The van der Waals surface area contributed by atoms with E-state index in [0.29, 0.717) is 12.0 Å². The van der Waals surface area contributed by atoms with Gasteiger partial charge in [0, 0.05) is 18.7 Å². The first-order valence-corrected chi connectivity index (χ1v) is 5.91. The fraction of sp³-hybridized carbons (Fsp3) is 0.750. The van der Waals surface area contributed by atoms with E-state index in [0.717, 1.165) is 12.4 Å². The van der Waals surface area contributed by atoms with E-state index in [1.807, 2.05) is 6.20 Å². The zero-order chi connectivity index (χ0) is 11.3. The van der Waals surface area contributed by atoms with Crippen LogP contribution in [0.4, 0.5) is 5.82 Å². The van der Waals surface area contributed by atoms with Crippen LogP contribution in [0.3, 0.4) is 0 Å². The van der Waals surface area contributed by atoms with Crippen LogP contribution in [-0.4, -0.2) is 15.8 Å². The van der Waals surface area contributed by atoms with E-state index in [1.165, 1.54) is 12.8 Å². The van der Waals surface area contributed by atoms with Crippen molar-refractivity contribution in [2.75, 3.05) is 5.32 Å². The molecule has 0 aliphatic rings. The van der Waals surface area contributed by atoms with Crippen molar-refractivity contribution < 1.29 is 0 Å². The molecule has 1 N–H and O–H groups in total. The molecule has 1 unspecified atom stereocenters. The minimum absolute atomic E-state index is 0.526. The summed E-state index contributed by atoms with van der Waals surface area (Å²) in [7, 11) is 0. The van der Waals surface area contributed by atoms with E-state index < -0.39 is 0 Å². The summed E-state index contributed by atoms with van der Waals surface area (Å²) in [6.07, 6.45) is 4.28. The fourth-order valence-electron chi connectivity index (χ4n) is 1.70. The van der Waals surface area contributed by atoms with Crippen LogP contribution in [0.15, 0.2) is 12.3 Å². The van der Waals surface area contributed by atoms with Crippen LogP contribution in [0, 0.1) is 5.92 Å². The standard InChI is InChI=1S/C12H23N3/c1-5-6-11(4)14-12-7-8-13-15(12)9-10(2)3/h7-8,10-11,14H,5-6,9H2,1-4H3. The van der Waals surface area contributed by atoms with Gasteiger partial charge in [-0.3, -0.25) is 0 Å². The van der Waals surface area contributed by atoms with Crippen LogP contribution < -0.4 is 5.32 Å². The highest BCUT2D eigenvalue weighted by molar-refractivity contribution is 5.34. The molecule has 0 bridgehead atoms. The topological polar surface area (TPSA) is 29.9 Å². The van der Waals surface area contributed by atoms with Crippen LogP contribution in [0.2, 0.25) is 0 Å². The number of rotatable bonds is 6. The predicted octanol–water partition coefficient (Wildman–Crippen LogP) is 3.14. The zero-order valence-electron chi connectivity index (χ0n) is 10.3. The molecule has 1 rings (SSSR count). The van der Waals surface area contributed by atoms with E-state index >= 15 is 0 Å². The molecule has 1 heterocycles. The van der Waals surface area contributed by atoms with Gasteiger partial charge in [-0.15, -0.1) is 0 Å². The molecule has 1 aromatic rings. The molecule has 0 aromatic carbocycles. The highest BCUT2D eigenvalue weighted by atomic mass is 15.3. The monoisotopic (exact) mass is 209 g/mol. The largest absolute Gasteiger partial charge is 0.368 e. The molecule has 0 amide bonds. The van der Waals surface area contributed by atoms with Crippen molar-refractivity contribution in [1.82, 2.24) is 9.78 Å². The average Bonchev–Trinajstić information content (AvgIpc) is 2.52. The smallest absolute Gasteiger partial charge is 0.124 e. The summed E-state index contributed by atoms with van der Waals surface area (Å²) in [4.78, 5) is 0. The third-order valence-corrected chi connectivity index (χ3v) is 2.37. The number of anilines is 1. The molecule has 1 aromatic heterocycles. The molecule has 0 aliphatic carbocycles. The van der Waals surface area contributed by atoms with E-state index in [2.05, 4.69) is 48.9 Å². The summed E-state index contributed by atoms with van der Waals surface area (Å²) in [5, 5.41) is 7.82. The van der Waals surface area contributed by atoms with E-state index in [1.54, 1.807) is 0 Å². The SMILES string of the molecule is CCCC(C)Nc1ccnn1CC(C)C. The molecule has 0 saturated carbocycles. The first-order valence-electron chi connectivity index (χ1n) is 5.91. The van der Waals surface area contributed by atoms with Gasteiger partial charge in [-0.25, -0.2) is 4.68 Å². The van der Waals surface area contributed by atoms with Crippen LogP contribution in [0.1, 0.15) is 40.5 Å². The quantitative estimate of drug-likeness (QED) is 0.780. The molecule has 0 spiro atoms. The molecular weight excluding hydrogens is 186 g/mol. The number of hydrogen-bond donors (Lipinski definition) is 1. The summed E-state index contributed by atoms with van der Waals surface area (Å²) in [6.45, 7) is 9.83. The first-order chi connectivity index (χ1) is 7.13. The van der Waals surface area contributed by atoms with Crippen LogP contribution in [0.25, 0.3) is 0 Å². The van der Waals surface area contributed by atoms with Crippen LogP contribution >= 0.6 is 0 Å². The van der Waals surface area contributed by atoms with E-state index in [9.17, 15) is 0 Å². The molecule has 0 aliphatic heterocycles. The molecule has 3 nitrogen and oxygen atoms in total. The molecule has 1 atom stereocenters. The number of nitrogens with one attached hydrogen (secondary N) is 1. The molecule has 0 fully saturated rings. The number of nitrogens with zero attached hydrogens (tertiary/aromatic N) is 2. The Kier molecular flexibility index (Phi) is 4.66. The highest BCUT2D eigenvalue weighted by Gasteiger charge is 2.06. The van der Waals surface area contributed by atoms with Crippen molar-refractivity contribution in [1.29, 1.82) is 0 Å². The Labute approximate surface area is 92.9 Å². The third kappa shape index (κ3) is 3.94. The zero-order valence-corrected chi connectivity index (χ0v) is 10.3. The second kappa shape index (κ2) is 5.79. The van der Waals surface area contributed by atoms with Crippen molar-refractivity contribution in [3.05, 3.63) is 12.3 Å². The molecular formula is C12H23N3. The Morgan fingerprint density at radius 3 is 2.73 bits per heavy atom. The van der Waals surface area contributed by atoms with Crippen molar-refractivity contribution in [2.24, 2.45) is 5.92 Å². The third-order valence-electron chi connectivity index (χ3n) is 2.37. The molecule has 3 heteroatoms. The Morgan fingerprint density at radius 2 is 2.13 bits per heavy atom. The second-order valence-electron chi connectivity index (χ2n) is 4.63. The van der Waals surface area contributed by atoms with Crippen molar-refractivity contribution in [3.8, 4) is 0 Å². The summed E-state index contributed by atoms with van der Waals surface area (Å²) >= 11 is 0. The number of aromatic nitrogens is 2. The number of hydrogen-bond acceptors (Lipinski definition) is 2. The average molecular weight is 209 g/mol. The molecule has 0 radical (unpaired) electrons. The maximum atomic E-state index is 4.32. The Balaban J connectivity index is 2.56. The van der Waals surface area contributed by atoms with Crippen LogP contribution in [-0.2, 0) is 6.54 Å². The van der Waals surface area contributed by atoms with Gasteiger partial charge in [0.2, 0.25) is 0 Å². The van der Waals surface area contributed by atoms with E-state index in [4.69, 9.17) is 0 Å². The van der Waals surface area contributed by atoms with Crippen LogP contribution in [0.5, 0.6) is 0 Å². The van der Waals surface area contributed by atoms with Gasteiger partial charge in [-0.2, -0.15) is 5.10 Å². The maximum Gasteiger partial charge on any atom is 0.124 e. The van der Waals surface area contributed by atoms with Gasteiger partial charge < -0.3 is 5.32 Å². The molecule has 86 valence electrons. The highest BCUT2D eigenvalue weighted by Crippen LogP contribution is 2.12. The summed E-state index contributed by atoms with van der Waals surface area (Å²) < 4.78 is 2.05. The maximum absolute atomic E-state index is 4.32.